The van der Waals surface area contributed by atoms with Gasteiger partial charge in [0.05, 0.1) is 14.2 Å². The van der Waals surface area contributed by atoms with Gasteiger partial charge in [-0.2, -0.15) is 11.8 Å². The van der Waals surface area contributed by atoms with E-state index in [2.05, 4.69) is 11.6 Å². The number of rotatable bonds is 9. The molecule has 0 aliphatic carbocycles. The number of ether oxygens (including phenoxy) is 2. The van der Waals surface area contributed by atoms with E-state index in [1.54, 1.807) is 26.0 Å². The summed E-state index contributed by atoms with van der Waals surface area (Å²) < 4.78 is 10.4. The summed E-state index contributed by atoms with van der Waals surface area (Å²) in [5.74, 6) is 2.59. The minimum Gasteiger partial charge on any atom is -0.493 e. The first-order valence-corrected chi connectivity index (χ1v) is 8.07. The summed E-state index contributed by atoms with van der Waals surface area (Å²) >= 11 is 1.77. The zero-order valence-electron chi connectivity index (χ0n) is 12.4. The molecule has 0 saturated heterocycles. The SMILES string of the molecule is COc1ccc(CCNC(=O)CCCSC)cc1OC. The van der Waals surface area contributed by atoms with Crippen LogP contribution in [0.1, 0.15) is 18.4 Å². The van der Waals surface area contributed by atoms with Crippen molar-refractivity contribution in [3.63, 3.8) is 0 Å². The smallest absolute Gasteiger partial charge is 0.220 e. The van der Waals surface area contributed by atoms with Crippen molar-refractivity contribution < 1.29 is 14.3 Å². The molecule has 0 unspecified atom stereocenters. The number of carbonyl (C=O) groups is 1. The fraction of sp³-hybridized carbons (Fsp3) is 0.533. The third-order valence-corrected chi connectivity index (χ3v) is 3.63. The number of hydrogen-bond acceptors (Lipinski definition) is 4. The highest BCUT2D eigenvalue weighted by Crippen LogP contribution is 2.27. The molecule has 4 nitrogen and oxygen atoms in total. The van der Waals surface area contributed by atoms with E-state index in [9.17, 15) is 4.79 Å². The predicted molar refractivity (Wildman–Crippen MR) is 83.9 cm³/mol. The minimum atomic E-state index is 0.125. The summed E-state index contributed by atoms with van der Waals surface area (Å²) in [5.41, 5.74) is 1.12. The van der Waals surface area contributed by atoms with Crippen molar-refractivity contribution in [2.75, 3.05) is 32.8 Å². The van der Waals surface area contributed by atoms with E-state index in [1.165, 1.54) is 0 Å². The van der Waals surface area contributed by atoms with Crippen LogP contribution in [-0.2, 0) is 11.2 Å². The normalized spacial score (nSPS) is 10.2. The summed E-state index contributed by atoms with van der Waals surface area (Å²) in [5, 5.41) is 2.94. The van der Waals surface area contributed by atoms with Crippen LogP contribution in [-0.4, -0.2) is 38.7 Å². The van der Waals surface area contributed by atoms with Gasteiger partial charge in [-0.15, -0.1) is 0 Å². The molecule has 0 bridgehead atoms. The van der Waals surface area contributed by atoms with Gasteiger partial charge in [-0.1, -0.05) is 6.07 Å². The number of thioether (sulfide) groups is 1. The Labute approximate surface area is 125 Å². The zero-order chi connectivity index (χ0) is 14.8. The molecule has 0 saturated carbocycles. The topological polar surface area (TPSA) is 47.6 Å². The van der Waals surface area contributed by atoms with Crippen molar-refractivity contribution in [1.29, 1.82) is 0 Å². The van der Waals surface area contributed by atoms with E-state index in [0.29, 0.717) is 13.0 Å². The third kappa shape index (κ3) is 5.74. The molecule has 0 heterocycles. The van der Waals surface area contributed by atoms with Gasteiger partial charge in [0.2, 0.25) is 5.91 Å². The van der Waals surface area contributed by atoms with E-state index in [-0.39, 0.29) is 5.91 Å². The van der Waals surface area contributed by atoms with Gasteiger partial charge < -0.3 is 14.8 Å². The van der Waals surface area contributed by atoms with Crippen molar-refractivity contribution in [2.45, 2.75) is 19.3 Å². The maximum Gasteiger partial charge on any atom is 0.220 e. The molecule has 1 N–H and O–H groups in total. The van der Waals surface area contributed by atoms with Crippen LogP contribution < -0.4 is 14.8 Å². The second kappa shape index (κ2) is 9.53. The Hall–Kier alpha value is -1.36. The Balaban J connectivity index is 2.36. The van der Waals surface area contributed by atoms with E-state index in [4.69, 9.17) is 9.47 Å². The maximum atomic E-state index is 11.6. The summed E-state index contributed by atoms with van der Waals surface area (Å²) in [6, 6.07) is 5.81. The predicted octanol–water partition coefficient (Wildman–Crippen LogP) is 2.51. The van der Waals surface area contributed by atoms with Crippen molar-refractivity contribution in [3.8, 4) is 11.5 Å². The van der Waals surface area contributed by atoms with Crippen LogP contribution in [0.2, 0.25) is 0 Å². The molecule has 1 aromatic rings. The van der Waals surface area contributed by atoms with Crippen LogP contribution in [0.15, 0.2) is 18.2 Å². The first-order chi connectivity index (χ1) is 9.71. The lowest BCUT2D eigenvalue weighted by atomic mass is 10.1. The molecule has 0 aromatic heterocycles. The molecule has 20 heavy (non-hydrogen) atoms. The van der Waals surface area contributed by atoms with E-state index < -0.39 is 0 Å². The highest BCUT2D eigenvalue weighted by molar-refractivity contribution is 7.98. The first kappa shape index (κ1) is 16.7. The van der Waals surface area contributed by atoms with Gasteiger partial charge in [-0.25, -0.2) is 0 Å². The van der Waals surface area contributed by atoms with Crippen LogP contribution in [0.5, 0.6) is 11.5 Å². The molecule has 1 rings (SSSR count). The van der Waals surface area contributed by atoms with Crippen molar-refractivity contribution >= 4 is 17.7 Å². The number of hydrogen-bond donors (Lipinski definition) is 1. The Morgan fingerprint density at radius 1 is 1.25 bits per heavy atom. The average Bonchev–Trinajstić information content (AvgIpc) is 2.47. The average molecular weight is 297 g/mol. The van der Waals surface area contributed by atoms with E-state index in [1.807, 2.05) is 18.2 Å². The van der Waals surface area contributed by atoms with Gasteiger partial charge in [0.15, 0.2) is 11.5 Å². The lowest BCUT2D eigenvalue weighted by molar-refractivity contribution is -0.121. The molecule has 112 valence electrons. The minimum absolute atomic E-state index is 0.125. The molecule has 0 aliphatic heterocycles. The number of carbonyl (C=O) groups excluding carboxylic acids is 1. The van der Waals surface area contributed by atoms with Crippen molar-refractivity contribution in [3.05, 3.63) is 23.8 Å². The fourth-order valence-corrected chi connectivity index (χ4v) is 2.28. The number of nitrogens with one attached hydrogen (secondary N) is 1. The fourth-order valence-electron chi connectivity index (χ4n) is 1.85. The van der Waals surface area contributed by atoms with Gasteiger partial charge in [0.25, 0.3) is 0 Å². The second-order valence-electron chi connectivity index (χ2n) is 4.39. The van der Waals surface area contributed by atoms with Crippen LogP contribution in [0.25, 0.3) is 0 Å². The third-order valence-electron chi connectivity index (χ3n) is 2.94. The van der Waals surface area contributed by atoms with Gasteiger partial charge in [-0.05, 0) is 42.5 Å². The van der Waals surface area contributed by atoms with Crippen LogP contribution in [0.3, 0.4) is 0 Å². The largest absolute Gasteiger partial charge is 0.493 e. The number of methoxy groups -OCH3 is 2. The lowest BCUT2D eigenvalue weighted by Gasteiger charge is -2.10. The molecular weight excluding hydrogens is 274 g/mol. The molecule has 1 aromatic carbocycles. The molecule has 0 atom stereocenters. The Kier molecular flexibility index (Phi) is 7.95. The zero-order valence-corrected chi connectivity index (χ0v) is 13.2. The molecule has 1 amide bonds. The molecule has 0 radical (unpaired) electrons. The van der Waals surface area contributed by atoms with Gasteiger partial charge in [-0.3, -0.25) is 4.79 Å². The van der Waals surface area contributed by atoms with Crippen LogP contribution in [0, 0.1) is 0 Å². The van der Waals surface area contributed by atoms with Crippen LogP contribution >= 0.6 is 11.8 Å². The van der Waals surface area contributed by atoms with Gasteiger partial charge in [0, 0.05) is 13.0 Å². The van der Waals surface area contributed by atoms with E-state index >= 15 is 0 Å². The second-order valence-corrected chi connectivity index (χ2v) is 5.37. The van der Waals surface area contributed by atoms with Crippen molar-refractivity contribution in [1.82, 2.24) is 5.32 Å². The summed E-state index contributed by atoms with van der Waals surface area (Å²) in [6.07, 6.45) is 4.37. The number of benzene rings is 1. The first-order valence-electron chi connectivity index (χ1n) is 6.67. The van der Waals surface area contributed by atoms with Gasteiger partial charge >= 0.3 is 0 Å². The summed E-state index contributed by atoms with van der Waals surface area (Å²) in [6.45, 7) is 0.646. The monoisotopic (exact) mass is 297 g/mol. The number of amides is 1. The Bertz CT molecular complexity index is 424. The lowest BCUT2D eigenvalue weighted by Crippen LogP contribution is -2.25. The Morgan fingerprint density at radius 2 is 2.00 bits per heavy atom. The summed E-state index contributed by atoms with van der Waals surface area (Å²) in [4.78, 5) is 11.6. The standard InChI is InChI=1S/C15H23NO3S/c1-18-13-7-6-12(11-14(13)19-2)8-9-16-15(17)5-4-10-20-3/h6-7,11H,4-5,8-10H2,1-3H3,(H,16,17). The summed E-state index contributed by atoms with van der Waals surface area (Å²) in [7, 11) is 3.24. The van der Waals surface area contributed by atoms with Crippen molar-refractivity contribution in [2.24, 2.45) is 0 Å². The molecule has 0 fully saturated rings. The molecule has 0 aliphatic rings. The highest BCUT2D eigenvalue weighted by atomic mass is 32.2. The molecule has 0 spiro atoms. The van der Waals surface area contributed by atoms with E-state index in [0.717, 1.165) is 35.7 Å². The maximum absolute atomic E-state index is 11.6. The quantitative estimate of drug-likeness (QED) is 0.712. The van der Waals surface area contributed by atoms with Crippen LogP contribution in [0.4, 0.5) is 0 Å². The molecular formula is C15H23NO3S. The Morgan fingerprint density at radius 3 is 2.65 bits per heavy atom. The van der Waals surface area contributed by atoms with Gasteiger partial charge in [0.1, 0.15) is 0 Å². The highest BCUT2D eigenvalue weighted by Gasteiger charge is 2.05. The molecule has 5 heteroatoms.